The number of nitrogens with one attached hydrogen (secondary N) is 1. The van der Waals surface area contributed by atoms with Crippen LogP contribution in [0, 0.1) is 13.8 Å². The molecule has 3 N–H and O–H groups in total. The van der Waals surface area contributed by atoms with Gasteiger partial charge in [-0.05, 0) is 43.2 Å². The second-order valence-corrected chi connectivity index (χ2v) is 7.04. The van der Waals surface area contributed by atoms with Gasteiger partial charge >= 0.3 is 0 Å². The van der Waals surface area contributed by atoms with Crippen LogP contribution in [0.5, 0.6) is 0 Å². The summed E-state index contributed by atoms with van der Waals surface area (Å²) in [6.45, 7) is 3.26. The van der Waals surface area contributed by atoms with E-state index in [9.17, 15) is 13.2 Å². The Morgan fingerprint density at radius 3 is 2.39 bits per heavy atom. The smallest absolute Gasteiger partial charge is 0.264 e. The molecule has 1 amide bonds. The number of benzene rings is 2. The molecular weight excluding hydrogens is 314 g/mol. The first-order valence-corrected chi connectivity index (χ1v) is 8.44. The standard InChI is InChI=1S/C16H19N3O3S/c1-12-8-9-13(2)15(10-12)19(11-16(20)18-17)23(21,22)14-6-4-3-5-7-14/h3-10H,11,17H2,1-2H3,(H,18,20). The highest BCUT2D eigenvalue weighted by atomic mass is 32.2. The highest BCUT2D eigenvalue weighted by Gasteiger charge is 2.27. The molecule has 2 aromatic carbocycles. The van der Waals surface area contributed by atoms with Gasteiger partial charge in [0.2, 0.25) is 0 Å². The lowest BCUT2D eigenvalue weighted by Crippen LogP contribution is -2.43. The maximum atomic E-state index is 13.0. The van der Waals surface area contributed by atoms with E-state index >= 15 is 0 Å². The molecule has 0 fully saturated rings. The first-order valence-electron chi connectivity index (χ1n) is 7.00. The molecule has 6 nitrogen and oxygen atoms in total. The number of nitrogens with zero attached hydrogens (tertiary/aromatic N) is 1. The minimum Gasteiger partial charge on any atom is -0.293 e. The van der Waals surface area contributed by atoms with Crippen molar-refractivity contribution >= 4 is 21.6 Å². The lowest BCUT2D eigenvalue weighted by molar-refractivity contribution is -0.119. The minimum absolute atomic E-state index is 0.116. The third-order valence-corrected chi connectivity index (χ3v) is 5.19. The molecule has 0 saturated heterocycles. The average molecular weight is 333 g/mol. The molecule has 0 spiro atoms. The Morgan fingerprint density at radius 2 is 1.78 bits per heavy atom. The summed E-state index contributed by atoms with van der Waals surface area (Å²) in [5.41, 5.74) is 4.08. The molecule has 0 aromatic heterocycles. The Morgan fingerprint density at radius 1 is 1.13 bits per heavy atom. The molecule has 23 heavy (non-hydrogen) atoms. The van der Waals surface area contributed by atoms with E-state index < -0.39 is 22.5 Å². The molecule has 0 saturated carbocycles. The van der Waals surface area contributed by atoms with Gasteiger partial charge in [0.05, 0.1) is 10.6 Å². The third kappa shape index (κ3) is 3.69. The highest BCUT2D eigenvalue weighted by Crippen LogP contribution is 2.27. The number of carbonyl (C=O) groups is 1. The van der Waals surface area contributed by atoms with Crippen LogP contribution in [0.3, 0.4) is 0 Å². The fourth-order valence-electron chi connectivity index (χ4n) is 2.18. The van der Waals surface area contributed by atoms with Gasteiger partial charge in [0, 0.05) is 0 Å². The number of hydrogen-bond acceptors (Lipinski definition) is 4. The van der Waals surface area contributed by atoms with Gasteiger partial charge in [0.1, 0.15) is 6.54 Å². The van der Waals surface area contributed by atoms with E-state index in [1.807, 2.05) is 24.5 Å². The number of carbonyl (C=O) groups excluding carboxylic acids is 1. The summed E-state index contributed by atoms with van der Waals surface area (Å²) in [7, 11) is -3.88. The SMILES string of the molecule is Cc1ccc(C)c(N(CC(=O)NN)S(=O)(=O)c2ccccc2)c1. The maximum absolute atomic E-state index is 13.0. The van der Waals surface area contributed by atoms with Crippen molar-refractivity contribution < 1.29 is 13.2 Å². The summed E-state index contributed by atoms with van der Waals surface area (Å²) in [4.78, 5) is 11.8. The van der Waals surface area contributed by atoms with Gasteiger partial charge < -0.3 is 0 Å². The normalized spacial score (nSPS) is 11.1. The number of hydrazine groups is 1. The van der Waals surface area contributed by atoms with Crippen LogP contribution in [0.4, 0.5) is 5.69 Å². The van der Waals surface area contributed by atoms with Gasteiger partial charge in [-0.25, -0.2) is 14.3 Å². The monoisotopic (exact) mass is 333 g/mol. The third-order valence-electron chi connectivity index (χ3n) is 3.41. The van der Waals surface area contributed by atoms with Gasteiger partial charge in [-0.15, -0.1) is 0 Å². The number of rotatable bonds is 5. The molecule has 0 atom stereocenters. The van der Waals surface area contributed by atoms with E-state index in [0.717, 1.165) is 15.4 Å². The van der Waals surface area contributed by atoms with E-state index in [1.165, 1.54) is 12.1 Å². The first-order chi connectivity index (χ1) is 10.9. The van der Waals surface area contributed by atoms with Crippen LogP contribution in [0.2, 0.25) is 0 Å². The molecule has 0 aliphatic heterocycles. The van der Waals surface area contributed by atoms with Gasteiger partial charge in [-0.1, -0.05) is 30.3 Å². The lowest BCUT2D eigenvalue weighted by atomic mass is 10.1. The van der Waals surface area contributed by atoms with E-state index in [-0.39, 0.29) is 4.90 Å². The predicted octanol–water partition coefficient (Wildman–Crippen LogP) is 1.49. The molecule has 0 bridgehead atoms. The summed E-state index contributed by atoms with van der Waals surface area (Å²) in [6.07, 6.45) is 0. The van der Waals surface area contributed by atoms with Crippen molar-refractivity contribution in [3.05, 3.63) is 59.7 Å². The summed E-state index contributed by atoms with van der Waals surface area (Å²) >= 11 is 0. The molecular formula is C16H19N3O3S. The van der Waals surface area contributed by atoms with Gasteiger partial charge in [0.25, 0.3) is 15.9 Å². The molecule has 0 unspecified atom stereocenters. The molecule has 0 aliphatic rings. The van der Waals surface area contributed by atoms with Crippen LogP contribution in [0.15, 0.2) is 53.4 Å². The Hall–Kier alpha value is -2.38. The van der Waals surface area contributed by atoms with E-state index in [2.05, 4.69) is 0 Å². The summed E-state index contributed by atoms with van der Waals surface area (Å²) in [5.74, 6) is 4.54. The number of aryl methyl sites for hydroxylation is 2. The summed E-state index contributed by atoms with van der Waals surface area (Å²) < 4.78 is 27.0. The van der Waals surface area contributed by atoms with E-state index in [4.69, 9.17) is 5.84 Å². The molecule has 7 heteroatoms. The lowest BCUT2D eigenvalue weighted by Gasteiger charge is -2.25. The Kier molecular flexibility index (Phi) is 5.02. The quantitative estimate of drug-likeness (QED) is 0.492. The van der Waals surface area contributed by atoms with Crippen molar-refractivity contribution in [1.29, 1.82) is 0 Å². The van der Waals surface area contributed by atoms with E-state index in [0.29, 0.717) is 5.69 Å². The van der Waals surface area contributed by atoms with Crippen molar-refractivity contribution in [2.24, 2.45) is 5.84 Å². The Bertz CT molecular complexity index is 805. The minimum atomic E-state index is -3.88. The number of anilines is 1. The fourth-order valence-corrected chi connectivity index (χ4v) is 3.68. The molecule has 122 valence electrons. The van der Waals surface area contributed by atoms with Crippen LogP contribution in [0.25, 0.3) is 0 Å². The molecule has 0 radical (unpaired) electrons. The van der Waals surface area contributed by atoms with Gasteiger partial charge in [-0.3, -0.25) is 14.5 Å². The number of nitrogens with two attached hydrogens (primary N) is 1. The zero-order valence-corrected chi connectivity index (χ0v) is 13.8. The molecule has 2 aromatic rings. The Labute approximate surface area is 135 Å². The zero-order chi connectivity index (χ0) is 17.0. The van der Waals surface area contributed by atoms with Gasteiger partial charge in [-0.2, -0.15) is 0 Å². The first kappa shape index (κ1) is 17.0. The van der Waals surface area contributed by atoms with Gasteiger partial charge in [0.15, 0.2) is 0 Å². The van der Waals surface area contributed by atoms with E-state index in [1.54, 1.807) is 31.2 Å². The average Bonchev–Trinajstić information content (AvgIpc) is 2.55. The fraction of sp³-hybridized carbons (Fsp3) is 0.188. The zero-order valence-electron chi connectivity index (χ0n) is 13.0. The Balaban J connectivity index is 2.59. The topological polar surface area (TPSA) is 92.5 Å². The summed E-state index contributed by atoms with van der Waals surface area (Å²) in [6, 6.07) is 13.4. The number of hydrogen-bond donors (Lipinski definition) is 2. The van der Waals surface area contributed by atoms with Crippen LogP contribution < -0.4 is 15.6 Å². The second kappa shape index (κ2) is 6.80. The van der Waals surface area contributed by atoms with Crippen LogP contribution in [-0.2, 0) is 14.8 Å². The van der Waals surface area contributed by atoms with Crippen molar-refractivity contribution in [2.75, 3.05) is 10.8 Å². The van der Waals surface area contributed by atoms with Crippen LogP contribution >= 0.6 is 0 Å². The van der Waals surface area contributed by atoms with Crippen molar-refractivity contribution in [3.8, 4) is 0 Å². The molecule has 2 rings (SSSR count). The summed E-state index contributed by atoms with van der Waals surface area (Å²) in [5, 5.41) is 0. The molecule has 0 aliphatic carbocycles. The van der Waals surface area contributed by atoms with Crippen LogP contribution in [-0.4, -0.2) is 20.9 Å². The van der Waals surface area contributed by atoms with Crippen molar-refractivity contribution in [3.63, 3.8) is 0 Å². The highest BCUT2D eigenvalue weighted by molar-refractivity contribution is 7.92. The van der Waals surface area contributed by atoms with Crippen LogP contribution in [0.1, 0.15) is 11.1 Å². The number of amides is 1. The maximum Gasteiger partial charge on any atom is 0.264 e. The molecule has 0 heterocycles. The van der Waals surface area contributed by atoms with Crippen molar-refractivity contribution in [1.82, 2.24) is 5.43 Å². The number of sulfonamides is 1. The predicted molar refractivity (Wildman–Crippen MR) is 89.2 cm³/mol. The van der Waals surface area contributed by atoms with Crippen molar-refractivity contribution in [2.45, 2.75) is 18.7 Å². The second-order valence-electron chi connectivity index (χ2n) is 5.18. The largest absolute Gasteiger partial charge is 0.293 e.